The standard InChI is InChI=1S/C13H27N.C2H4O/c1-3-8-12(9-4-2)14-13-10-6-5-7-11-13;1-2-3/h12-14H,3-11H2,1-2H3;2H,1H3. The first-order chi connectivity index (χ1) is 8.28. The van der Waals surface area contributed by atoms with Crippen molar-refractivity contribution < 1.29 is 4.79 Å². The fraction of sp³-hybridized carbons (Fsp3) is 0.933. The Bertz CT molecular complexity index is 158. The molecule has 0 radical (unpaired) electrons. The molecule has 0 aliphatic heterocycles. The first kappa shape index (κ1) is 16.6. The van der Waals surface area contributed by atoms with Crippen LogP contribution in [0.3, 0.4) is 0 Å². The van der Waals surface area contributed by atoms with E-state index in [4.69, 9.17) is 4.79 Å². The van der Waals surface area contributed by atoms with Gasteiger partial charge in [-0.25, -0.2) is 0 Å². The van der Waals surface area contributed by atoms with Crippen LogP contribution in [0.1, 0.15) is 78.6 Å². The normalized spacial score (nSPS) is 16.5. The predicted molar refractivity (Wildman–Crippen MR) is 75.4 cm³/mol. The number of hydrogen-bond acceptors (Lipinski definition) is 2. The summed E-state index contributed by atoms with van der Waals surface area (Å²) in [6.07, 6.45) is 13.3. The number of aldehydes is 1. The average molecular weight is 241 g/mol. The van der Waals surface area contributed by atoms with E-state index in [0.29, 0.717) is 0 Å². The van der Waals surface area contributed by atoms with Crippen molar-refractivity contribution in [2.24, 2.45) is 0 Å². The van der Waals surface area contributed by atoms with Gasteiger partial charge < -0.3 is 10.1 Å². The summed E-state index contributed by atoms with van der Waals surface area (Å²) in [6, 6.07) is 1.64. The van der Waals surface area contributed by atoms with Crippen molar-refractivity contribution in [2.75, 3.05) is 0 Å². The van der Waals surface area contributed by atoms with E-state index in [-0.39, 0.29) is 0 Å². The SMILES string of the molecule is CC=O.CCCC(CCC)NC1CCCCC1. The first-order valence-corrected chi connectivity index (χ1v) is 7.44. The second kappa shape index (κ2) is 12.1. The molecule has 1 saturated carbocycles. The highest BCUT2D eigenvalue weighted by molar-refractivity contribution is 5.44. The van der Waals surface area contributed by atoms with Crippen molar-refractivity contribution in [3.63, 3.8) is 0 Å². The molecule has 0 heterocycles. The van der Waals surface area contributed by atoms with Crippen LogP contribution in [0.5, 0.6) is 0 Å². The molecule has 0 aromatic rings. The number of carbonyl (C=O) groups excluding carboxylic acids is 1. The Morgan fingerprint density at radius 2 is 1.59 bits per heavy atom. The minimum absolute atomic E-state index is 0.750. The summed E-state index contributed by atoms with van der Waals surface area (Å²) >= 11 is 0. The summed E-state index contributed by atoms with van der Waals surface area (Å²) in [6.45, 7) is 6.04. The van der Waals surface area contributed by atoms with E-state index >= 15 is 0 Å². The van der Waals surface area contributed by atoms with E-state index in [1.54, 1.807) is 0 Å². The van der Waals surface area contributed by atoms with Crippen LogP contribution in [0.4, 0.5) is 0 Å². The van der Waals surface area contributed by atoms with Crippen molar-refractivity contribution in [3.8, 4) is 0 Å². The highest BCUT2D eigenvalue weighted by Gasteiger charge is 2.16. The molecule has 0 bridgehead atoms. The molecule has 0 amide bonds. The lowest BCUT2D eigenvalue weighted by Crippen LogP contribution is -2.39. The fourth-order valence-electron chi connectivity index (χ4n) is 2.61. The van der Waals surface area contributed by atoms with Gasteiger partial charge in [0, 0.05) is 12.1 Å². The number of carbonyl (C=O) groups is 1. The number of hydrogen-bond donors (Lipinski definition) is 1. The Morgan fingerprint density at radius 3 is 2.00 bits per heavy atom. The molecule has 1 rings (SSSR count). The van der Waals surface area contributed by atoms with E-state index in [1.165, 1.54) is 64.7 Å². The summed E-state index contributed by atoms with van der Waals surface area (Å²) in [5.74, 6) is 0. The number of nitrogens with one attached hydrogen (secondary N) is 1. The van der Waals surface area contributed by atoms with Crippen molar-refractivity contribution >= 4 is 6.29 Å². The predicted octanol–water partition coefficient (Wildman–Crippen LogP) is 4.08. The maximum atomic E-state index is 8.81. The van der Waals surface area contributed by atoms with Crippen LogP contribution in [-0.2, 0) is 4.79 Å². The van der Waals surface area contributed by atoms with Gasteiger partial charge in [-0.3, -0.25) is 0 Å². The van der Waals surface area contributed by atoms with Crippen molar-refractivity contribution in [3.05, 3.63) is 0 Å². The third-order valence-corrected chi connectivity index (χ3v) is 3.35. The first-order valence-electron chi connectivity index (χ1n) is 7.44. The molecule has 102 valence electrons. The van der Waals surface area contributed by atoms with Crippen LogP contribution in [0.15, 0.2) is 0 Å². The third kappa shape index (κ3) is 9.34. The zero-order chi connectivity index (χ0) is 12.9. The smallest absolute Gasteiger partial charge is 0.116 e. The number of rotatable bonds is 6. The van der Waals surface area contributed by atoms with Gasteiger partial charge in [0.25, 0.3) is 0 Å². The van der Waals surface area contributed by atoms with E-state index in [2.05, 4.69) is 19.2 Å². The molecule has 1 aliphatic carbocycles. The second-order valence-electron chi connectivity index (χ2n) is 5.01. The third-order valence-electron chi connectivity index (χ3n) is 3.35. The molecular formula is C15H31NO. The van der Waals surface area contributed by atoms with Crippen LogP contribution >= 0.6 is 0 Å². The van der Waals surface area contributed by atoms with Crippen molar-refractivity contribution in [1.29, 1.82) is 0 Å². The lowest BCUT2D eigenvalue weighted by atomic mass is 9.94. The van der Waals surface area contributed by atoms with Crippen LogP contribution < -0.4 is 5.32 Å². The molecule has 1 N–H and O–H groups in total. The molecule has 0 atom stereocenters. The van der Waals surface area contributed by atoms with Gasteiger partial charge in [-0.2, -0.15) is 0 Å². The minimum atomic E-state index is 0.750. The quantitative estimate of drug-likeness (QED) is 0.710. The van der Waals surface area contributed by atoms with E-state index in [0.717, 1.165) is 18.4 Å². The van der Waals surface area contributed by atoms with Gasteiger partial charge >= 0.3 is 0 Å². The molecule has 2 nitrogen and oxygen atoms in total. The lowest BCUT2D eigenvalue weighted by molar-refractivity contribution is -0.106. The van der Waals surface area contributed by atoms with E-state index in [1.807, 2.05) is 0 Å². The molecule has 2 heteroatoms. The van der Waals surface area contributed by atoms with Crippen LogP contribution in [0.2, 0.25) is 0 Å². The molecule has 1 aliphatic rings. The summed E-state index contributed by atoms with van der Waals surface area (Å²) in [5.41, 5.74) is 0. The Morgan fingerprint density at radius 1 is 1.12 bits per heavy atom. The van der Waals surface area contributed by atoms with Crippen LogP contribution in [-0.4, -0.2) is 18.4 Å². The Labute approximate surface area is 108 Å². The Balaban J connectivity index is 0.000000770. The molecular weight excluding hydrogens is 210 g/mol. The second-order valence-corrected chi connectivity index (χ2v) is 5.01. The van der Waals surface area contributed by atoms with E-state index in [9.17, 15) is 0 Å². The maximum Gasteiger partial charge on any atom is 0.116 e. The molecule has 0 aromatic heterocycles. The summed E-state index contributed by atoms with van der Waals surface area (Å²) in [5, 5.41) is 3.86. The van der Waals surface area contributed by atoms with Crippen LogP contribution in [0.25, 0.3) is 0 Å². The Hall–Kier alpha value is -0.370. The molecule has 17 heavy (non-hydrogen) atoms. The van der Waals surface area contributed by atoms with Gasteiger partial charge in [-0.05, 0) is 32.6 Å². The zero-order valence-corrected chi connectivity index (χ0v) is 12.0. The highest BCUT2D eigenvalue weighted by Crippen LogP contribution is 2.19. The zero-order valence-electron chi connectivity index (χ0n) is 12.0. The molecule has 0 saturated heterocycles. The monoisotopic (exact) mass is 241 g/mol. The average Bonchev–Trinajstić information content (AvgIpc) is 2.32. The summed E-state index contributed by atoms with van der Waals surface area (Å²) in [7, 11) is 0. The minimum Gasteiger partial charge on any atom is -0.311 e. The largest absolute Gasteiger partial charge is 0.311 e. The van der Waals surface area contributed by atoms with Gasteiger partial charge in [0.15, 0.2) is 0 Å². The van der Waals surface area contributed by atoms with Gasteiger partial charge in [0.05, 0.1) is 0 Å². The van der Waals surface area contributed by atoms with Gasteiger partial charge in [-0.15, -0.1) is 0 Å². The van der Waals surface area contributed by atoms with Crippen LogP contribution in [0, 0.1) is 0 Å². The van der Waals surface area contributed by atoms with Gasteiger partial charge in [0.1, 0.15) is 6.29 Å². The lowest BCUT2D eigenvalue weighted by Gasteiger charge is -2.28. The molecule has 0 spiro atoms. The molecule has 1 fully saturated rings. The molecule has 0 unspecified atom stereocenters. The van der Waals surface area contributed by atoms with Gasteiger partial charge in [0.2, 0.25) is 0 Å². The van der Waals surface area contributed by atoms with E-state index < -0.39 is 0 Å². The highest BCUT2D eigenvalue weighted by atomic mass is 16.1. The summed E-state index contributed by atoms with van der Waals surface area (Å²) in [4.78, 5) is 8.81. The topological polar surface area (TPSA) is 29.1 Å². The fourth-order valence-corrected chi connectivity index (χ4v) is 2.61. The maximum absolute atomic E-state index is 8.81. The van der Waals surface area contributed by atoms with Crippen molar-refractivity contribution in [2.45, 2.75) is 90.6 Å². The van der Waals surface area contributed by atoms with Gasteiger partial charge in [-0.1, -0.05) is 46.0 Å². The summed E-state index contributed by atoms with van der Waals surface area (Å²) < 4.78 is 0. The molecule has 0 aromatic carbocycles. The Kier molecular flexibility index (Phi) is 11.8. The van der Waals surface area contributed by atoms with Crippen molar-refractivity contribution in [1.82, 2.24) is 5.32 Å².